The van der Waals surface area contributed by atoms with E-state index in [1.165, 1.54) is 25.7 Å². The van der Waals surface area contributed by atoms with Crippen molar-refractivity contribution in [3.05, 3.63) is 0 Å². The molecule has 0 radical (unpaired) electrons. The van der Waals surface area contributed by atoms with Crippen LogP contribution in [0.15, 0.2) is 0 Å². The van der Waals surface area contributed by atoms with Crippen molar-refractivity contribution in [1.82, 2.24) is 0 Å². The third-order valence-electron chi connectivity index (χ3n) is 2.98. The number of hydrogen-bond donors (Lipinski definition) is 0. The van der Waals surface area contributed by atoms with Gasteiger partial charge in [-0.15, -0.1) is 0 Å². The Hall–Kier alpha value is -0.0400. The van der Waals surface area contributed by atoms with Gasteiger partial charge in [-0.25, -0.2) is 0 Å². The Kier molecular flexibility index (Phi) is 3.92. The first-order valence-corrected chi connectivity index (χ1v) is 4.96. The Bertz CT molecular complexity index is 91.0. The van der Waals surface area contributed by atoms with Crippen LogP contribution in [0.5, 0.6) is 0 Å². The van der Waals surface area contributed by atoms with Crippen LogP contribution in [0, 0.1) is 11.8 Å². The van der Waals surface area contributed by atoms with E-state index >= 15 is 0 Å². The molecule has 66 valence electrons. The van der Waals surface area contributed by atoms with Gasteiger partial charge in [0.25, 0.3) is 0 Å². The summed E-state index contributed by atoms with van der Waals surface area (Å²) >= 11 is 0. The first-order chi connectivity index (χ1) is 5.38. The minimum Gasteiger partial charge on any atom is -0.381 e. The summed E-state index contributed by atoms with van der Waals surface area (Å²) in [7, 11) is 0. The Balaban J connectivity index is 2.30. The van der Waals surface area contributed by atoms with E-state index in [9.17, 15) is 0 Å². The molecular weight excluding hydrogens is 136 g/mol. The maximum Gasteiger partial charge on any atom is 0.0468 e. The summed E-state index contributed by atoms with van der Waals surface area (Å²) < 4.78 is 5.34. The van der Waals surface area contributed by atoms with Crippen molar-refractivity contribution in [1.29, 1.82) is 0 Å². The SMILES string of the molecule is CCC(CC)C1CCOCC1. The number of ether oxygens (including phenoxy) is 1. The molecule has 0 saturated carbocycles. The van der Waals surface area contributed by atoms with Crippen LogP contribution in [0.4, 0.5) is 0 Å². The largest absolute Gasteiger partial charge is 0.381 e. The lowest BCUT2D eigenvalue weighted by Gasteiger charge is -2.28. The lowest BCUT2D eigenvalue weighted by Crippen LogP contribution is -2.22. The molecule has 11 heavy (non-hydrogen) atoms. The van der Waals surface area contributed by atoms with Gasteiger partial charge >= 0.3 is 0 Å². The molecule has 1 fully saturated rings. The van der Waals surface area contributed by atoms with E-state index in [0.29, 0.717) is 0 Å². The van der Waals surface area contributed by atoms with Crippen LogP contribution in [-0.4, -0.2) is 13.2 Å². The molecular formula is C10H20O. The number of rotatable bonds is 3. The Labute approximate surface area is 70.1 Å². The van der Waals surface area contributed by atoms with E-state index in [1.807, 2.05) is 0 Å². The van der Waals surface area contributed by atoms with Crippen LogP contribution in [0.2, 0.25) is 0 Å². The fraction of sp³-hybridized carbons (Fsp3) is 1.00. The quantitative estimate of drug-likeness (QED) is 0.610. The highest BCUT2D eigenvalue weighted by molar-refractivity contribution is 4.70. The molecule has 1 saturated heterocycles. The van der Waals surface area contributed by atoms with Gasteiger partial charge in [0.05, 0.1) is 0 Å². The molecule has 0 aromatic carbocycles. The lowest BCUT2D eigenvalue weighted by molar-refractivity contribution is 0.0451. The second kappa shape index (κ2) is 4.76. The van der Waals surface area contributed by atoms with Gasteiger partial charge < -0.3 is 4.74 Å². The maximum absolute atomic E-state index is 5.34. The zero-order chi connectivity index (χ0) is 8.10. The van der Waals surface area contributed by atoms with Gasteiger partial charge in [-0.05, 0) is 24.7 Å². The lowest BCUT2D eigenvalue weighted by atomic mass is 9.83. The molecule has 0 aliphatic carbocycles. The van der Waals surface area contributed by atoms with E-state index in [4.69, 9.17) is 4.74 Å². The summed E-state index contributed by atoms with van der Waals surface area (Å²) in [5.41, 5.74) is 0. The van der Waals surface area contributed by atoms with Gasteiger partial charge in [0.15, 0.2) is 0 Å². The second-order valence-electron chi connectivity index (χ2n) is 3.53. The molecule has 1 nitrogen and oxygen atoms in total. The zero-order valence-electron chi connectivity index (χ0n) is 7.81. The summed E-state index contributed by atoms with van der Waals surface area (Å²) in [6, 6.07) is 0. The third-order valence-corrected chi connectivity index (χ3v) is 2.98. The maximum atomic E-state index is 5.34. The minimum atomic E-state index is 0.957. The molecule has 0 unspecified atom stereocenters. The molecule has 1 aliphatic heterocycles. The van der Waals surface area contributed by atoms with Gasteiger partial charge in [0, 0.05) is 13.2 Å². The predicted octanol–water partition coefficient (Wildman–Crippen LogP) is 2.85. The normalized spacial score (nSPS) is 21.0. The summed E-state index contributed by atoms with van der Waals surface area (Å²) in [6.45, 7) is 6.62. The van der Waals surface area contributed by atoms with Gasteiger partial charge in [0.1, 0.15) is 0 Å². The molecule has 1 rings (SSSR count). The predicted molar refractivity (Wildman–Crippen MR) is 47.6 cm³/mol. The number of hydrogen-bond acceptors (Lipinski definition) is 1. The highest BCUT2D eigenvalue weighted by Gasteiger charge is 2.20. The Morgan fingerprint density at radius 2 is 1.73 bits per heavy atom. The van der Waals surface area contributed by atoms with Crippen molar-refractivity contribution in [2.75, 3.05) is 13.2 Å². The zero-order valence-corrected chi connectivity index (χ0v) is 7.81. The Morgan fingerprint density at radius 1 is 1.18 bits per heavy atom. The van der Waals surface area contributed by atoms with Crippen LogP contribution >= 0.6 is 0 Å². The van der Waals surface area contributed by atoms with Crippen LogP contribution in [0.1, 0.15) is 39.5 Å². The van der Waals surface area contributed by atoms with E-state index in [0.717, 1.165) is 25.0 Å². The molecule has 1 heteroatoms. The Morgan fingerprint density at radius 3 is 2.18 bits per heavy atom. The van der Waals surface area contributed by atoms with Crippen LogP contribution < -0.4 is 0 Å². The summed E-state index contributed by atoms with van der Waals surface area (Å²) in [6.07, 6.45) is 5.29. The average Bonchev–Trinajstić information content (AvgIpc) is 2.09. The van der Waals surface area contributed by atoms with Crippen molar-refractivity contribution >= 4 is 0 Å². The first kappa shape index (κ1) is 9.05. The van der Waals surface area contributed by atoms with Gasteiger partial charge in [-0.2, -0.15) is 0 Å². The van der Waals surface area contributed by atoms with Gasteiger partial charge in [-0.1, -0.05) is 26.7 Å². The van der Waals surface area contributed by atoms with Crippen molar-refractivity contribution < 1.29 is 4.74 Å². The molecule has 0 aromatic heterocycles. The second-order valence-corrected chi connectivity index (χ2v) is 3.53. The monoisotopic (exact) mass is 156 g/mol. The average molecular weight is 156 g/mol. The summed E-state index contributed by atoms with van der Waals surface area (Å²) in [5, 5.41) is 0. The van der Waals surface area contributed by atoms with E-state index in [-0.39, 0.29) is 0 Å². The van der Waals surface area contributed by atoms with Crippen LogP contribution in [-0.2, 0) is 4.74 Å². The minimum absolute atomic E-state index is 0.957. The smallest absolute Gasteiger partial charge is 0.0468 e. The molecule has 0 N–H and O–H groups in total. The van der Waals surface area contributed by atoms with Gasteiger partial charge in [-0.3, -0.25) is 0 Å². The standard InChI is InChI=1S/C10H20O/c1-3-9(4-2)10-5-7-11-8-6-10/h9-10H,3-8H2,1-2H3. The fourth-order valence-electron chi connectivity index (χ4n) is 2.14. The molecule has 0 amide bonds. The highest BCUT2D eigenvalue weighted by Crippen LogP contribution is 2.28. The van der Waals surface area contributed by atoms with Crippen molar-refractivity contribution in [3.63, 3.8) is 0 Å². The van der Waals surface area contributed by atoms with Crippen molar-refractivity contribution in [3.8, 4) is 0 Å². The van der Waals surface area contributed by atoms with Crippen LogP contribution in [0.25, 0.3) is 0 Å². The highest BCUT2D eigenvalue weighted by atomic mass is 16.5. The molecule has 0 aromatic rings. The molecule has 1 heterocycles. The fourth-order valence-corrected chi connectivity index (χ4v) is 2.14. The summed E-state index contributed by atoms with van der Waals surface area (Å²) in [5.74, 6) is 1.91. The third kappa shape index (κ3) is 2.48. The van der Waals surface area contributed by atoms with E-state index < -0.39 is 0 Å². The van der Waals surface area contributed by atoms with E-state index in [1.54, 1.807) is 0 Å². The first-order valence-electron chi connectivity index (χ1n) is 4.96. The van der Waals surface area contributed by atoms with Crippen molar-refractivity contribution in [2.24, 2.45) is 11.8 Å². The molecule has 0 atom stereocenters. The molecule has 1 aliphatic rings. The molecule has 0 spiro atoms. The molecule has 0 bridgehead atoms. The van der Waals surface area contributed by atoms with E-state index in [2.05, 4.69) is 13.8 Å². The van der Waals surface area contributed by atoms with Crippen molar-refractivity contribution in [2.45, 2.75) is 39.5 Å². The van der Waals surface area contributed by atoms with Gasteiger partial charge in [0.2, 0.25) is 0 Å². The van der Waals surface area contributed by atoms with Crippen LogP contribution in [0.3, 0.4) is 0 Å². The summed E-state index contributed by atoms with van der Waals surface area (Å²) in [4.78, 5) is 0. The topological polar surface area (TPSA) is 9.23 Å².